The Morgan fingerprint density at radius 2 is 1.81 bits per heavy atom. The summed E-state index contributed by atoms with van der Waals surface area (Å²) >= 11 is 0. The maximum atomic E-state index is 12.6. The van der Waals surface area contributed by atoms with Gasteiger partial charge in [-0.05, 0) is 24.3 Å². The molecule has 26 heavy (non-hydrogen) atoms. The minimum Gasteiger partial charge on any atom is -0.490 e. The Morgan fingerprint density at radius 1 is 1.00 bits per heavy atom. The van der Waals surface area contributed by atoms with E-state index in [0.29, 0.717) is 49.3 Å². The summed E-state index contributed by atoms with van der Waals surface area (Å²) in [5.41, 5.74) is 2.01. The molecule has 2 aromatic rings. The molecule has 0 bridgehead atoms. The molecule has 1 N–H and O–H groups in total. The molecular formula is C19H21N3O4. The fourth-order valence-corrected chi connectivity index (χ4v) is 3.00. The van der Waals surface area contributed by atoms with Gasteiger partial charge in [-0.2, -0.15) is 0 Å². The standard InChI is InChI=1S/C19H21N3O4/c23-19(16-13-15(4-5-20-16)22-6-10-24-11-7-22)21-14-2-3-17-18(12-14)26-9-1-8-25-17/h2-5,12-13H,1,6-11H2,(H,21,23). The number of morpholine rings is 1. The van der Waals surface area contributed by atoms with Crippen molar-refractivity contribution in [1.82, 2.24) is 4.98 Å². The van der Waals surface area contributed by atoms with Crippen LogP contribution in [-0.2, 0) is 4.74 Å². The quantitative estimate of drug-likeness (QED) is 0.911. The topological polar surface area (TPSA) is 72.9 Å². The van der Waals surface area contributed by atoms with Gasteiger partial charge >= 0.3 is 0 Å². The van der Waals surface area contributed by atoms with Crippen molar-refractivity contribution in [3.05, 3.63) is 42.2 Å². The maximum Gasteiger partial charge on any atom is 0.274 e. The molecule has 3 heterocycles. The Hall–Kier alpha value is -2.80. The Balaban J connectivity index is 1.49. The van der Waals surface area contributed by atoms with Gasteiger partial charge in [0.2, 0.25) is 0 Å². The molecule has 1 fully saturated rings. The van der Waals surface area contributed by atoms with Crippen molar-refractivity contribution in [1.29, 1.82) is 0 Å². The molecule has 0 unspecified atom stereocenters. The summed E-state index contributed by atoms with van der Waals surface area (Å²) in [7, 11) is 0. The molecule has 1 aromatic heterocycles. The van der Waals surface area contributed by atoms with E-state index in [1.54, 1.807) is 18.3 Å². The molecule has 7 nitrogen and oxygen atoms in total. The number of amides is 1. The smallest absolute Gasteiger partial charge is 0.274 e. The van der Waals surface area contributed by atoms with Crippen LogP contribution in [0.2, 0.25) is 0 Å². The van der Waals surface area contributed by atoms with E-state index in [0.717, 1.165) is 25.2 Å². The van der Waals surface area contributed by atoms with Crippen molar-refractivity contribution >= 4 is 17.3 Å². The minimum atomic E-state index is -0.255. The van der Waals surface area contributed by atoms with Crippen molar-refractivity contribution in [2.45, 2.75) is 6.42 Å². The van der Waals surface area contributed by atoms with E-state index in [1.165, 1.54) is 0 Å². The van der Waals surface area contributed by atoms with E-state index in [4.69, 9.17) is 14.2 Å². The number of nitrogens with zero attached hydrogens (tertiary/aromatic N) is 2. The van der Waals surface area contributed by atoms with Gasteiger partial charge in [-0.25, -0.2) is 0 Å². The number of hydrogen-bond acceptors (Lipinski definition) is 6. The molecular weight excluding hydrogens is 334 g/mol. The lowest BCUT2D eigenvalue weighted by Crippen LogP contribution is -2.36. The van der Waals surface area contributed by atoms with Gasteiger partial charge in [-0.3, -0.25) is 9.78 Å². The number of rotatable bonds is 3. The van der Waals surface area contributed by atoms with Crippen molar-refractivity contribution in [3.63, 3.8) is 0 Å². The largest absolute Gasteiger partial charge is 0.490 e. The van der Waals surface area contributed by atoms with Gasteiger partial charge in [0.25, 0.3) is 5.91 Å². The van der Waals surface area contributed by atoms with Crippen LogP contribution in [0, 0.1) is 0 Å². The number of anilines is 2. The van der Waals surface area contributed by atoms with Crippen LogP contribution in [0.4, 0.5) is 11.4 Å². The lowest BCUT2D eigenvalue weighted by Gasteiger charge is -2.28. The normalized spacial score (nSPS) is 16.7. The Labute approximate surface area is 151 Å². The van der Waals surface area contributed by atoms with E-state index < -0.39 is 0 Å². The van der Waals surface area contributed by atoms with Crippen molar-refractivity contribution in [3.8, 4) is 11.5 Å². The SMILES string of the molecule is O=C(Nc1ccc2c(c1)OCCCO2)c1cc(N2CCOCC2)ccn1. The third-order valence-corrected chi connectivity index (χ3v) is 4.36. The molecule has 7 heteroatoms. The summed E-state index contributed by atoms with van der Waals surface area (Å²) in [5, 5.41) is 2.88. The van der Waals surface area contributed by atoms with Crippen molar-refractivity contribution in [2.75, 3.05) is 49.7 Å². The number of hydrogen-bond donors (Lipinski definition) is 1. The highest BCUT2D eigenvalue weighted by atomic mass is 16.5. The van der Waals surface area contributed by atoms with Crippen LogP contribution >= 0.6 is 0 Å². The zero-order valence-corrected chi connectivity index (χ0v) is 14.4. The molecule has 1 amide bonds. The molecule has 0 atom stereocenters. The summed E-state index contributed by atoms with van der Waals surface area (Å²) in [6, 6.07) is 9.12. The highest BCUT2D eigenvalue weighted by Gasteiger charge is 2.16. The summed E-state index contributed by atoms with van der Waals surface area (Å²) < 4.78 is 16.6. The van der Waals surface area contributed by atoms with E-state index >= 15 is 0 Å². The van der Waals surface area contributed by atoms with Crippen LogP contribution in [0.1, 0.15) is 16.9 Å². The molecule has 1 aromatic carbocycles. The first-order valence-corrected chi connectivity index (χ1v) is 8.79. The van der Waals surface area contributed by atoms with Crippen LogP contribution in [0.5, 0.6) is 11.5 Å². The van der Waals surface area contributed by atoms with Crippen LogP contribution in [-0.4, -0.2) is 50.4 Å². The summed E-state index contributed by atoms with van der Waals surface area (Å²) in [5.74, 6) is 1.10. The Kier molecular flexibility index (Phi) is 4.88. The second-order valence-electron chi connectivity index (χ2n) is 6.16. The maximum absolute atomic E-state index is 12.6. The van der Waals surface area contributed by atoms with E-state index in [2.05, 4.69) is 15.2 Å². The second-order valence-corrected chi connectivity index (χ2v) is 6.16. The number of carbonyl (C=O) groups excluding carboxylic acids is 1. The monoisotopic (exact) mass is 355 g/mol. The number of carbonyl (C=O) groups is 1. The van der Waals surface area contributed by atoms with Gasteiger partial charge < -0.3 is 24.4 Å². The number of ether oxygens (including phenoxy) is 3. The third-order valence-electron chi connectivity index (χ3n) is 4.36. The fourth-order valence-electron chi connectivity index (χ4n) is 3.00. The minimum absolute atomic E-state index is 0.255. The predicted molar refractivity (Wildman–Crippen MR) is 97.3 cm³/mol. The Bertz CT molecular complexity index is 790. The van der Waals surface area contributed by atoms with Gasteiger partial charge in [0.15, 0.2) is 11.5 Å². The molecule has 136 valence electrons. The van der Waals surface area contributed by atoms with Crippen molar-refractivity contribution < 1.29 is 19.0 Å². The van der Waals surface area contributed by atoms with Crippen molar-refractivity contribution in [2.24, 2.45) is 0 Å². The van der Waals surface area contributed by atoms with Crippen LogP contribution in [0.15, 0.2) is 36.5 Å². The average Bonchev–Trinajstić information content (AvgIpc) is 2.94. The number of aromatic nitrogens is 1. The Morgan fingerprint density at radius 3 is 2.65 bits per heavy atom. The van der Waals surface area contributed by atoms with Crippen LogP contribution in [0.3, 0.4) is 0 Å². The molecule has 0 spiro atoms. The molecule has 2 aliphatic heterocycles. The molecule has 0 saturated carbocycles. The molecule has 0 aliphatic carbocycles. The zero-order chi connectivity index (χ0) is 17.8. The summed E-state index contributed by atoms with van der Waals surface area (Å²) in [4.78, 5) is 19.0. The summed E-state index contributed by atoms with van der Waals surface area (Å²) in [6.07, 6.45) is 2.50. The highest BCUT2D eigenvalue weighted by Crippen LogP contribution is 2.32. The average molecular weight is 355 g/mol. The first-order chi connectivity index (χ1) is 12.8. The second kappa shape index (κ2) is 7.61. The number of pyridine rings is 1. The van der Waals surface area contributed by atoms with Gasteiger partial charge in [0.05, 0.1) is 26.4 Å². The van der Waals surface area contributed by atoms with Gasteiger partial charge in [0.1, 0.15) is 5.69 Å². The highest BCUT2D eigenvalue weighted by molar-refractivity contribution is 6.03. The van der Waals surface area contributed by atoms with E-state index in [-0.39, 0.29) is 5.91 Å². The molecule has 0 radical (unpaired) electrons. The third kappa shape index (κ3) is 3.72. The van der Waals surface area contributed by atoms with Crippen LogP contribution in [0.25, 0.3) is 0 Å². The summed E-state index contributed by atoms with van der Waals surface area (Å²) in [6.45, 7) is 4.26. The predicted octanol–water partition coefficient (Wildman–Crippen LogP) is 2.33. The zero-order valence-electron chi connectivity index (χ0n) is 14.4. The molecule has 2 aliphatic rings. The number of fused-ring (bicyclic) bond motifs is 1. The van der Waals surface area contributed by atoms with E-state index in [9.17, 15) is 4.79 Å². The van der Waals surface area contributed by atoms with E-state index in [1.807, 2.05) is 18.2 Å². The van der Waals surface area contributed by atoms with Gasteiger partial charge in [0, 0.05) is 43.1 Å². The van der Waals surface area contributed by atoms with Crippen LogP contribution < -0.4 is 19.7 Å². The number of benzene rings is 1. The first kappa shape index (κ1) is 16.7. The lowest BCUT2D eigenvalue weighted by atomic mass is 10.2. The molecule has 4 rings (SSSR count). The first-order valence-electron chi connectivity index (χ1n) is 8.79. The fraction of sp³-hybridized carbons (Fsp3) is 0.368. The molecule has 1 saturated heterocycles. The van der Waals surface area contributed by atoms with Gasteiger partial charge in [-0.15, -0.1) is 0 Å². The number of nitrogens with one attached hydrogen (secondary N) is 1. The van der Waals surface area contributed by atoms with Gasteiger partial charge in [-0.1, -0.05) is 0 Å². The lowest BCUT2D eigenvalue weighted by molar-refractivity contribution is 0.102.